The molecule has 0 aliphatic carbocycles. The Balaban J connectivity index is 1.45. The first-order chi connectivity index (χ1) is 17.5. The predicted octanol–water partition coefficient (Wildman–Crippen LogP) is 3.42. The van der Waals surface area contributed by atoms with E-state index in [1.54, 1.807) is 42.9 Å². The van der Waals surface area contributed by atoms with Crippen molar-refractivity contribution in [2.75, 3.05) is 36.5 Å². The van der Waals surface area contributed by atoms with Crippen molar-refractivity contribution in [2.24, 2.45) is 0 Å². The van der Waals surface area contributed by atoms with Crippen molar-refractivity contribution < 1.29 is 13.9 Å². The summed E-state index contributed by atoms with van der Waals surface area (Å²) < 4.78 is 18.8. The normalized spacial score (nSPS) is 19.7. The average molecular weight is 488 g/mol. The average Bonchev–Trinajstić information content (AvgIpc) is 2.89. The highest BCUT2D eigenvalue weighted by molar-refractivity contribution is 5.90. The molecular formula is C26H26FN7O2. The van der Waals surface area contributed by atoms with Gasteiger partial charge in [-0.3, -0.25) is 9.78 Å². The molecule has 0 saturated carbocycles. The van der Waals surface area contributed by atoms with Gasteiger partial charge < -0.3 is 25.6 Å². The van der Waals surface area contributed by atoms with E-state index >= 15 is 0 Å². The molecule has 184 valence electrons. The van der Waals surface area contributed by atoms with Gasteiger partial charge in [-0.05, 0) is 55.6 Å². The number of anilines is 3. The van der Waals surface area contributed by atoms with Crippen molar-refractivity contribution in [3.05, 3.63) is 84.8 Å². The van der Waals surface area contributed by atoms with E-state index in [0.29, 0.717) is 17.2 Å². The first-order valence-electron chi connectivity index (χ1n) is 11.6. The number of aromatic nitrogens is 3. The molecule has 4 heterocycles. The van der Waals surface area contributed by atoms with Crippen LogP contribution in [0.4, 0.5) is 21.7 Å². The molecule has 1 fully saturated rings. The number of carbonyl (C=O) groups excluding carboxylic acids is 1. The van der Waals surface area contributed by atoms with Gasteiger partial charge in [0.2, 0.25) is 11.9 Å². The summed E-state index contributed by atoms with van der Waals surface area (Å²) in [5.41, 5.74) is 1.73. The van der Waals surface area contributed by atoms with Crippen LogP contribution in [0.3, 0.4) is 0 Å². The standard InChI is InChI=1S/C26H26FN7O2/c1-18(27)16-22(35)33-26(9-2-3-10-30-26)24-23-19(8-11-28-24)17-29-25(32-23)31-20-4-6-21(7-5-20)34-12-14-36-15-13-34/h2-11,16-17,30H,12-15H2,1H3,(H,33,35)(H,29,31,32)/b18-16-. The fourth-order valence-electron chi connectivity index (χ4n) is 4.19. The molecule has 1 aromatic carbocycles. The number of benzene rings is 1. The van der Waals surface area contributed by atoms with Crippen LogP contribution in [0.15, 0.2) is 79.1 Å². The number of nitrogens with zero attached hydrogens (tertiary/aromatic N) is 4. The lowest BCUT2D eigenvalue weighted by Crippen LogP contribution is -2.54. The van der Waals surface area contributed by atoms with Crippen LogP contribution < -0.4 is 20.9 Å². The van der Waals surface area contributed by atoms with Gasteiger partial charge >= 0.3 is 0 Å². The second-order valence-corrected chi connectivity index (χ2v) is 8.45. The smallest absolute Gasteiger partial charge is 0.248 e. The zero-order chi connectivity index (χ0) is 25.0. The topological polar surface area (TPSA) is 104 Å². The van der Waals surface area contributed by atoms with E-state index in [0.717, 1.165) is 49.1 Å². The molecule has 5 rings (SSSR count). The molecule has 1 saturated heterocycles. The minimum atomic E-state index is -1.22. The SMILES string of the molecule is C/C(F)=C/C(=O)NC1(c2nccc3cnc(Nc4ccc(N5CCOCC5)cc4)nc23)C=CC=CN1. The van der Waals surface area contributed by atoms with Crippen LogP contribution in [0.5, 0.6) is 0 Å². The van der Waals surface area contributed by atoms with E-state index in [1.807, 2.05) is 12.1 Å². The van der Waals surface area contributed by atoms with E-state index in [9.17, 15) is 9.18 Å². The van der Waals surface area contributed by atoms with Crippen molar-refractivity contribution >= 4 is 34.1 Å². The second-order valence-electron chi connectivity index (χ2n) is 8.45. The maximum Gasteiger partial charge on any atom is 0.248 e. The molecule has 1 amide bonds. The van der Waals surface area contributed by atoms with Crippen LogP contribution in [0.1, 0.15) is 12.6 Å². The number of rotatable bonds is 6. The molecule has 2 aromatic heterocycles. The summed E-state index contributed by atoms with van der Waals surface area (Å²) in [5.74, 6) is -0.821. The van der Waals surface area contributed by atoms with Crippen LogP contribution >= 0.6 is 0 Å². The highest BCUT2D eigenvalue weighted by Gasteiger charge is 2.35. The van der Waals surface area contributed by atoms with Crippen LogP contribution in [-0.4, -0.2) is 47.2 Å². The number of allylic oxidation sites excluding steroid dienone is 3. The number of fused-ring (bicyclic) bond motifs is 1. The van der Waals surface area contributed by atoms with Crippen LogP contribution in [-0.2, 0) is 15.2 Å². The van der Waals surface area contributed by atoms with Crippen molar-refractivity contribution in [3.8, 4) is 0 Å². The molecule has 1 unspecified atom stereocenters. The van der Waals surface area contributed by atoms with Gasteiger partial charge in [0.15, 0.2) is 5.66 Å². The van der Waals surface area contributed by atoms with Gasteiger partial charge in [0.1, 0.15) is 17.0 Å². The molecule has 36 heavy (non-hydrogen) atoms. The molecule has 10 heteroatoms. The van der Waals surface area contributed by atoms with Crippen molar-refractivity contribution in [2.45, 2.75) is 12.6 Å². The molecule has 1 atom stereocenters. The fourth-order valence-corrected chi connectivity index (χ4v) is 4.19. The minimum absolute atomic E-state index is 0.382. The lowest BCUT2D eigenvalue weighted by Gasteiger charge is -2.33. The van der Waals surface area contributed by atoms with E-state index in [1.165, 1.54) is 6.92 Å². The summed E-state index contributed by atoms with van der Waals surface area (Å²) in [6.07, 6.45) is 11.2. The molecular weight excluding hydrogens is 461 g/mol. The summed E-state index contributed by atoms with van der Waals surface area (Å²) in [4.78, 5) is 28.5. The number of halogens is 1. The quantitative estimate of drug-likeness (QED) is 0.455. The Morgan fingerprint density at radius 2 is 1.97 bits per heavy atom. The van der Waals surface area contributed by atoms with Crippen molar-refractivity contribution in [1.82, 2.24) is 25.6 Å². The Morgan fingerprint density at radius 3 is 2.69 bits per heavy atom. The zero-order valence-electron chi connectivity index (χ0n) is 19.7. The summed E-state index contributed by atoms with van der Waals surface area (Å²) >= 11 is 0. The highest BCUT2D eigenvalue weighted by Crippen LogP contribution is 2.28. The van der Waals surface area contributed by atoms with Crippen LogP contribution in [0, 0.1) is 0 Å². The van der Waals surface area contributed by atoms with Crippen LogP contribution in [0.2, 0.25) is 0 Å². The van der Waals surface area contributed by atoms with Gasteiger partial charge in [0.05, 0.1) is 13.2 Å². The fraction of sp³-hybridized carbons (Fsp3) is 0.231. The van der Waals surface area contributed by atoms with E-state index in [4.69, 9.17) is 9.72 Å². The number of carbonyl (C=O) groups is 1. The van der Waals surface area contributed by atoms with Gasteiger partial charge in [-0.15, -0.1) is 0 Å². The first kappa shape index (κ1) is 23.4. The molecule has 3 aromatic rings. The summed E-state index contributed by atoms with van der Waals surface area (Å²) in [6, 6.07) is 9.85. The van der Waals surface area contributed by atoms with Gasteiger partial charge in [0.25, 0.3) is 0 Å². The molecule has 2 aliphatic rings. The zero-order valence-corrected chi connectivity index (χ0v) is 19.7. The minimum Gasteiger partial charge on any atom is -0.378 e. The van der Waals surface area contributed by atoms with Gasteiger partial charge in [-0.25, -0.2) is 14.4 Å². The number of hydrogen-bond acceptors (Lipinski definition) is 8. The Bertz CT molecular complexity index is 1350. The number of amides is 1. The van der Waals surface area contributed by atoms with E-state index < -0.39 is 17.4 Å². The molecule has 0 spiro atoms. The van der Waals surface area contributed by atoms with Crippen molar-refractivity contribution in [3.63, 3.8) is 0 Å². The Labute approximate surface area is 207 Å². The maximum atomic E-state index is 13.4. The van der Waals surface area contributed by atoms with Gasteiger partial charge in [0, 0.05) is 48.3 Å². The first-order valence-corrected chi connectivity index (χ1v) is 11.6. The third-order valence-electron chi connectivity index (χ3n) is 5.89. The Kier molecular flexibility index (Phi) is 6.59. The summed E-state index contributed by atoms with van der Waals surface area (Å²) in [6.45, 7) is 4.41. The number of ether oxygens (including phenoxy) is 1. The number of dihydropyridines is 1. The predicted molar refractivity (Wildman–Crippen MR) is 136 cm³/mol. The lowest BCUT2D eigenvalue weighted by molar-refractivity contribution is -0.118. The third kappa shape index (κ3) is 5.03. The van der Waals surface area contributed by atoms with Crippen LogP contribution in [0.25, 0.3) is 10.9 Å². The monoisotopic (exact) mass is 487 g/mol. The third-order valence-corrected chi connectivity index (χ3v) is 5.89. The highest BCUT2D eigenvalue weighted by atomic mass is 19.1. The molecule has 3 N–H and O–H groups in total. The maximum absolute atomic E-state index is 13.4. The Hall–Kier alpha value is -4.31. The number of hydrogen-bond donors (Lipinski definition) is 3. The number of morpholine rings is 1. The van der Waals surface area contributed by atoms with Crippen molar-refractivity contribution in [1.29, 1.82) is 0 Å². The molecule has 9 nitrogen and oxygen atoms in total. The lowest BCUT2D eigenvalue weighted by atomic mass is 10.00. The Morgan fingerprint density at radius 1 is 1.17 bits per heavy atom. The van der Waals surface area contributed by atoms with Gasteiger partial charge in [-0.2, -0.15) is 0 Å². The molecule has 2 aliphatic heterocycles. The number of nitrogens with one attached hydrogen (secondary N) is 3. The largest absolute Gasteiger partial charge is 0.378 e. The van der Waals surface area contributed by atoms with E-state index in [-0.39, 0.29) is 0 Å². The van der Waals surface area contributed by atoms with Gasteiger partial charge in [-0.1, -0.05) is 6.08 Å². The second kappa shape index (κ2) is 10.1. The van der Waals surface area contributed by atoms with E-state index in [2.05, 4.69) is 43.0 Å². The molecule has 0 radical (unpaired) electrons. The number of pyridine rings is 1. The summed E-state index contributed by atoms with van der Waals surface area (Å²) in [5, 5.41) is 9.94. The molecule has 0 bridgehead atoms. The summed E-state index contributed by atoms with van der Waals surface area (Å²) in [7, 11) is 0.